The molecule has 1 fully saturated rings. The highest BCUT2D eigenvalue weighted by molar-refractivity contribution is 5.94. The molecule has 4 nitrogen and oxygen atoms in total. The largest absolute Gasteiger partial charge is 0.493 e. The van der Waals surface area contributed by atoms with Crippen LogP contribution in [0.1, 0.15) is 61.0 Å². The summed E-state index contributed by atoms with van der Waals surface area (Å²) in [6.07, 6.45) is 5.36. The van der Waals surface area contributed by atoms with Gasteiger partial charge in [-0.05, 0) is 80.4 Å². The maximum atomic E-state index is 12.5. The zero-order valence-corrected chi connectivity index (χ0v) is 18.5. The second-order valence-corrected chi connectivity index (χ2v) is 8.47. The van der Waals surface area contributed by atoms with Gasteiger partial charge in [0.1, 0.15) is 5.75 Å². The fraction of sp³-hybridized carbons (Fsp3) is 0.500. The Kier molecular flexibility index (Phi) is 8.76. The average molecular weight is 409 g/mol. The topological polar surface area (TPSA) is 41.6 Å². The minimum absolute atomic E-state index is 0.00358. The number of rotatable bonds is 10. The number of carbonyl (C=O) groups excluding carboxylic acids is 1. The number of benzene rings is 2. The lowest BCUT2D eigenvalue weighted by Crippen LogP contribution is -2.32. The quantitative estimate of drug-likeness (QED) is 0.558. The van der Waals surface area contributed by atoms with Crippen LogP contribution >= 0.6 is 0 Å². The highest BCUT2D eigenvalue weighted by atomic mass is 16.5. The average Bonchev–Trinajstić information content (AvgIpc) is 2.78. The van der Waals surface area contributed by atoms with Crippen LogP contribution in [-0.4, -0.2) is 37.0 Å². The van der Waals surface area contributed by atoms with Crippen LogP contribution in [0.3, 0.4) is 0 Å². The summed E-state index contributed by atoms with van der Waals surface area (Å²) in [7, 11) is 0. The molecule has 1 aliphatic rings. The SMILES string of the molecule is CCCOc1ccccc1CCCNC(=O)c1ccc(CN2CCC(C)CC2)cc1. The lowest BCUT2D eigenvalue weighted by Gasteiger charge is -2.30. The highest BCUT2D eigenvalue weighted by Crippen LogP contribution is 2.20. The van der Waals surface area contributed by atoms with Crippen LogP contribution < -0.4 is 10.1 Å². The van der Waals surface area contributed by atoms with Crippen molar-refractivity contribution in [2.45, 2.75) is 52.5 Å². The summed E-state index contributed by atoms with van der Waals surface area (Å²) >= 11 is 0. The van der Waals surface area contributed by atoms with Crippen LogP contribution in [0.2, 0.25) is 0 Å². The van der Waals surface area contributed by atoms with Gasteiger partial charge in [-0.15, -0.1) is 0 Å². The van der Waals surface area contributed by atoms with E-state index in [0.717, 1.165) is 49.6 Å². The summed E-state index contributed by atoms with van der Waals surface area (Å²) in [5.74, 6) is 1.82. The van der Waals surface area contributed by atoms with Gasteiger partial charge < -0.3 is 10.1 Å². The number of hydrogen-bond acceptors (Lipinski definition) is 3. The van der Waals surface area contributed by atoms with Gasteiger partial charge in [-0.1, -0.05) is 44.2 Å². The molecule has 0 saturated carbocycles. The first kappa shape index (κ1) is 22.4. The number of piperidine rings is 1. The second-order valence-electron chi connectivity index (χ2n) is 8.47. The van der Waals surface area contributed by atoms with Gasteiger partial charge in [-0.2, -0.15) is 0 Å². The lowest BCUT2D eigenvalue weighted by molar-refractivity contribution is 0.0953. The van der Waals surface area contributed by atoms with Crippen LogP contribution in [0.15, 0.2) is 48.5 Å². The first-order chi connectivity index (χ1) is 14.7. The molecule has 0 atom stereocenters. The molecular weight excluding hydrogens is 372 g/mol. The molecule has 3 rings (SSSR count). The van der Waals surface area contributed by atoms with Crippen LogP contribution in [0.25, 0.3) is 0 Å². The van der Waals surface area contributed by atoms with E-state index in [-0.39, 0.29) is 5.91 Å². The normalized spacial score (nSPS) is 15.1. The number of aryl methyl sites for hydroxylation is 1. The third kappa shape index (κ3) is 6.88. The van der Waals surface area contributed by atoms with Crippen molar-refractivity contribution in [1.29, 1.82) is 0 Å². The molecule has 0 bridgehead atoms. The zero-order chi connectivity index (χ0) is 21.2. The van der Waals surface area contributed by atoms with Crippen molar-refractivity contribution in [2.24, 2.45) is 5.92 Å². The van der Waals surface area contributed by atoms with Crippen molar-refractivity contribution >= 4 is 5.91 Å². The summed E-state index contributed by atoms with van der Waals surface area (Å²) in [6, 6.07) is 16.3. The van der Waals surface area contributed by atoms with Gasteiger partial charge in [-0.3, -0.25) is 9.69 Å². The first-order valence-electron chi connectivity index (χ1n) is 11.5. The Bertz CT molecular complexity index is 780. The summed E-state index contributed by atoms with van der Waals surface area (Å²) in [5.41, 5.74) is 3.22. The Morgan fingerprint density at radius 2 is 1.83 bits per heavy atom. The molecule has 0 aliphatic carbocycles. The molecule has 1 saturated heterocycles. The van der Waals surface area contributed by atoms with Crippen molar-refractivity contribution in [2.75, 3.05) is 26.2 Å². The molecule has 1 heterocycles. The Morgan fingerprint density at radius 3 is 2.57 bits per heavy atom. The standard InChI is InChI=1S/C26H36N2O2/c1-3-19-30-25-9-5-4-7-23(25)8-6-16-27-26(29)24-12-10-22(11-13-24)20-28-17-14-21(2)15-18-28/h4-5,7,9-13,21H,3,6,8,14-20H2,1-2H3,(H,27,29). The summed E-state index contributed by atoms with van der Waals surface area (Å²) in [6.45, 7) is 9.18. The van der Waals surface area contributed by atoms with Crippen LogP contribution in [0.5, 0.6) is 5.75 Å². The van der Waals surface area contributed by atoms with Gasteiger partial charge in [0, 0.05) is 18.7 Å². The van der Waals surface area contributed by atoms with Crippen molar-refractivity contribution in [3.63, 3.8) is 0 Å². The predicted octanol–water partition coefficient (Wildman–Crippen LogP) is 5.07. The fourth-order valence-corrected chi connectivity index (χ4v) is 3.89. The Balaban J connectivity index is 1.41. The lowest BCUT2D eigenvalue weighted by atomic mass is 9.99. The molecule has 162 valence electrons. The van der Waals surface area contributed by atoms with Crippen LogP contribution in [0.4, 0.5) is 0 Å². The number of amides is 1. The van der Waals surface area contributed by atoms with Crippen molar-refractivity contribution in [1.82, 2.24) is 10.2 Å². The van der Waals surface area contributed by atoms with Gasteiger partial charge >= 0.3 is 0 Å². The van der Waals surface area contributed by atoms with E-state index >= 15 is 0 Å². The van der Waals surface area contributed by atoms with E-state index in [9.17, 15) is 4.79 Å². The molecule has 0 unspecified atom stereocenters. The van der Waals surface area contributed by atoms with Crippen LogP contribution in [-0.2, 0) is 13.0 Å². The summed E-state index contributed by atoms with van der Waals surface area (Å²) in [5, 5.41) is 3.05. The van der Waals surface area contributed by atoms with E-state index in [0.29, 0.717) is 6.54 Å². The zero-order valence-electron chi connectivity index (χ0n) is 18.5. The number of para-hydroxylation sites is 1. The number of carbonyl (C=O) groups is 1. The molecule has 4 heteroatoms. The minimum atomic E-state index is 0.00358. The fourth-order valence-electron chi connectivity index (χ4n) is 3.89. The summed E-state index contributed by atoms with van der Waals surface area (Å²) < 4.78 is 5.81. The molecule has 1 amide bonds. The van der Waals surface area contributed by atoms with E-state index in [4.69, 9.17) is 4.74 Å². The molecule has 1 aliphatic heterocycles. The third-order valence-electron chi connectivity index (χ3n) is 5.84. The molecule has 0 aromatic heterocycles. The van der Waals surface area contributed by atoms with Gasteiger partial charge in [-0.25, -0.2) is 0 Å². The monoisotopic (exact) mass is 408 g/mol. The van der Waals surface area contributed by atoms with E-state index in [1.165, 1.54) is 37.1 Å². The maximum Gasteiger partial charge on any atom is 0.251 e. The van der Waals surface area contributed by atoms with Gasteiger partial charge in [0.05, 0.1) is 6.61 Å². The minimum Gasteiger partial charge on any atom is -0.493 e. The van der Waals surface area contributed by atoms with E-state index in [1.807, 2.05) is 30.3 Å². The van der Waals surface area contributed by atoms with E-state index in [2.05, 4.69) is 42.3 Å². The first-order valence-corrected chi connectivity index (χ1v) is 11.5. The Labute approximate surface area is 181 Å². The van der Waals surface area contributed by atoms with Crippen molar-refractivity contribution < 1.29 is 9.53 Å². The Morgan fingerprint density at radius 1 is 1.10 bits per heavy atom. The molecule has 0 radical (unpaired) electrons. The van der Waals surface area contributed by atoms with E-state index in [1.54, 1.807) is 0 Å². The van der Waals surface area contributed by atoms with Crippen molar-refractivity contribution in [3.05, 3.63) is 65.2 Å². The van der Waals surface area contributed by atoms with Crippen LogP contribution in [0, 0.1) is 5.92 Å². The molecular formula is C26H36N2O2. The molecule has 0 spiro atoms. The molecule has 30 heavy (non-hydrogen) atoms. The maximum absolute atomic E-state index is 12.5. The summed E-state index contributed by atoms with van der Waals surface area (Å²) in [4.78, 5) is 15.0. The number of ether oxygens (including phenoxy) is 1. The van der Waals surface area contributed by atoms with Gasteiger partial charge in [0.2, 0.25) is 0 Å². The highest BCUT2D eigenvalue weighted by Gasteiger charge is 2.15. The number of hydrogen-bond donors (Lipinski definition) is 1. The molecule has 2 aromatic rings. The van der Waals surface area contributed by atoms with Crippen molar-refractivity contribution in [3.8, 4) is 5.75 Å². The second kappa shape index (κ2) is 11.8. The van der Waals surface area contributed by atoms with E-state index < -0.39 is 0 Å². The third-order valence-corrected chi connectivity index (χ3v) is 5.84. The predicted molar refractivity (Wildman–Crippen MR) is 123 cm³/mol. The molecule has 2 aromatic carbocycles. The number of nitrogens with zero attached hydrogens (tertiary/aromatic N) is 1. The molecule has 1 N–H and O–H groups in total. The number of nitrogens with one attached hydrogen (secondary N) is 1. The Hall–Kier alpha value is -2.33. The van der Waals surface area contributed by atoms with Gasteiger partial charge in [0.15, 0.2) is 0 Å². The number of likely N-dealkylation sites (tertiary alicyclic amines) is 1. The van der Waals surface area contributed by atoms with Gasteiger partial charge in [0.25, 0.3) is 5.91 Å². The smallest absolute Gasteiger partial charge is 0.251 e.